The highest BCUT2D eigenvalue weighted by Crippen LogP contribution is 2.46. The lowest BCUT2D eigenvalue weighted by atomic mass is 9.45. The molecule has 0 fully saturated rings. The van der Waals surface area contributed by atoms with Gasteiger partial charge in [0, 0.05) is 49.7 Å². The number of anilines is 3. The fourth-order valence-electron chi connectivity index (χ4n) is 7.44. The maximum atomic E-state index is 6.68. The average Bonchev–Trinajstić information content (AvgIpc) is 3.56. The van der Waals surface area contributed by atoms with Crippen molar-refractivity contribution >= 4 is 78.6 Å². The molecule has 0 amide bonds. The second-order valence-corrected chi connectivity index (χ2v) is 10.9. The second-order valence-electron chi connectivity index (χ2n) is 10.9. The van der Waals surface area contributed by atoms with Crippen LogP contribution in [0.4, 0.5) is 17.1 Å². The van der Waals surface area contributed by atoms with Crippen molar-refractivity contribution in [2.45, 2.75) is 0 Å². The Bertz CT molecular complexity index is 2350. The molecule has 4 heterocycles. The summed E-state index contributed by atoms with van der Waals surface area (Å²) in [6.07, 6.45) is 0. The van der Waals surface area contributed by atoms with Crippen molar-refractivity contribution in [3.63, 3.8) is 0 Å². The van der Waals surface area contributed by atoms with Crippen LogP contribution in [0.15, 0.2) is 132 Å². The van der Waals surface area contributed by atoms with Gasteiger partial charge in [-0.3, -0.25) is 0 Å². The molecular formula is C36H21BN2O. The predicted octanol–water partition coefficient (Wildman–Crippen LogP) is 8.11. The topological polar surface area (TPSA) is 21.3 Å². The molecule has 0 saturated heterocycles. The standard InChI is InChI=1S/C36H21BN2O/c1-2-10-22(11-3-1)38-30-17-6-5-16-29(30)37-33-24(13-9-18-31(33)38)25-14-8-15-26-27-20-21-28-23-12-4-7-19-32(23)40-36(28)35(27)39(37)34(25)26/h1-21H. The predicted molar refractivity (Wildman–Crippen MR) is 167 cm³/mol. The number of furan rings is 1. The van der Waals surface area contributed by atoms with Gasteiger partial charge in [-0.2, -0.15) is 0 Å². The molecule has 0 bridgehead atoms. The maximum absolute atomic E-state index is 6.68. The van der Waals surface area contributed by atoms with Gasteiger partial charge in [0.15, 0.2) is 5.58 Å². The summed E-state index contributed by atoms with van der Waals surface area (Å²) in [6, 6.07) is 46.1. The van der Waals surface area contributed by atoms with Crippen LogP contribution in [-0.2, 0) is 0 Å². The van der Waals surface area contributed by atoms with Gasteiger partial charge in [-0.15, -0.1) is 0 Å². The fourth-order valence-corrected chi connectivity index (χ4v) is 7.44. The Kier molecular flexibility index (Phi) is 3.75. The first-order chi connectivity index (χ1) is 19.9. The summed E-state index contributed by atoms with van der Waals surface area (Å²) in [5.74, 6) is 0. The van der Waals surface area contributed by atoms with Crippen LogP contribution in [-0.4, -0.2) is 11.3 Å². The molecule has 10 rings (SSSR count). The molecule has 0 N–H and O–H groups in total. The molecule has 2 aliphatic heterocycles. The normalized spacial score (nSPS) is 13.4. The first-order valence-corrected chi connectivity index (χ1v) is 13.8. The van der Waals surface area contributed by atoms with E-state index in [0.29, 0.717) is 0 Å². The van der Waals surface area contributed by atoms with E-state index in [0.717, 1.165) is 21.9 Å². The number of rotatable bonds is 1. The van der Waals surface area contributed by atoms with Crippen molar-refractivity contribution in [3.05, 3.63) is 127 Å². The molecule has 0 spiro atoms. The smallest absolute Gasteiger partial charge is 0.333 e. The lowest BCUT2D eigenvalue weighted by Crippen LogP contribution is -2.56. The van der Waals surface area contributed by atoms with E-state index in [-0.39, 0.29) is 6.85 Å². The summed E-state index contributed by atoms with van der Waals surface area (Å²) >= 11 is 0. The van der Waals surface area contributed by atoms with Gasteiger partial charge in [0.25, 0.3) is 0 Å². The zero-order chi connectivity index (χ0) is 25.9. The van der Waals surface area contributed by atoms with Gasteiger partial charge in [-0.25, -0.2) is 0 Å². The van der Waals surface area contributed by atoms with E-state index in [1.165, 1.54) is 60.9 Å². The van der Waals surface area contributed by atoms with Gasteiger partial charge >= 0.3 is 6.85 Å². The molecule has 0 aliphatic carbocycles. The molecule has 0 atom stereocenters. The monoisotopic (exact) mass is 508 g/mol. The van der Waals surface area contributed by atoms with Crippen LogP contribution in [0.25, 0.3) is 54.9 Å². The van der Waals surface area contributed by atoms with Crippen molar-refractivity contribution in [1.82, 2.24) is 4.48 Å². The Morgan fingerprint density at radius 1 is 0.500 bits per heavy atom. The van der Waals surface area contributed by atoms with Crippen LogP contribution >= 0.6 is 0 Å². The number of para-hydroxylation sites is 4. The summed E-state index contributed by atoms with van der Waals surface area (Å²) in [5, 5.41) is 4.83. The number of hydrogen-bond donors (Lipinski definition) is 0. The van der Waals surface area contributed by atoms with Crippen molar-refractivity contribution in [2.24, 2.45) is 0 Å². The molecule has 0 unspecified atom stereocenters. The van der Waals surface area contributed by atoms with Crippen LogP contribution in [0.5, 0.6) is 0 Å². The number of hydrogen-bond acceptors (Lipinski definition) is 2. The zero-order valence-electron chi connectivity index (χ0n) is 21.5. The van der Waals surface area contributed by atoms with Gasteiger partial charge < -0.3 is 13.8 Å². The molecule has 0 saturated carbocycles. The summed E-state index contributed by atoms with van der Waals surface area (Å²) in [5.41, 5.74) is 13.2. The van der Waals surface area contributed by atoms with Crippen molar-refractivity contribution in [3.8, 4) is 11.1 Å². The van der Waals surface area contributed by atoms with Gasteiger partial charge in [0.1, 0.15) is 5.58 Å². The van der Waals surface area contributed by atoms with E-state index in [4.69, 9.17) is 4.42 Å². The number of benzene rings is 6. The molecule has 3 nitrogen and oxygen atoms in total. The summed E-state index contributed by atoms with van der Waals surface area (Å²) in [7, 11) is 0. The van der Waals surface area contributed by atoms with Gasteiger partial charge in [0.05, 0.1) is 5.52 Å². The first kappa shape index (κ1) is 20.7. The minimum Gasteiger partial charge on any atom is -0.454 e. The van der Waals surface area contributed by atoms with E-state index in [9.17, 15) is 0 Å². The lowest BCUT2D eigenvalue weighted by Gasteiger charge is -2.40. The molecule has 2 aromatic heterocycles. The lowest BCUT2D eigenvalue weighted by molar-refractivity contribution is 0.671. The molecule has 4 heteroatoms. The molecule has 0 radical (unpaired) electrons. The molecule has 8 aromatic rings. The largest absolute Gasteiger partial charge is 0.454 e. The van der Waals surface area contributed by atoms with E-state index in [2.05, 4.69) is 137 Å². The van der Waals surface area contributed by atoms with E-state index < -0.39 is 0 Å². The van der Waals surface area contributed by atoms with Crippen molar-refractivity contribution < 1.29 is 4.42 Å². The Morgan fingerprint density at radius 3 is 2.15 bits per heavy atom. The summed E-state index contributed by atoms with van der Waals surface area (Å²) < 4.78 is 9.26. The second kappa shape index (κ2) is 7.25. The number of aromatic nitrogens is 1. The summed E-state index contributed by atoms with van der Waals surface area (Å²) in [4.78, 5) is 2.43. The number of fused-ring (bicyclic) bond motifs is 11. The number of nitrogens with zero attached hydrogens (tertiary/aromatic N) is 2. The Labute approximate surface area is 230 Å². The minimum absolute atomic E-state index is 0.0241. The molecule has 6 aromatic carbocycles. The Morgan fingerprint density at radius 2 is 1.20 bits per heavy atom. The molecule has 184 valence electrons. The highest BCUT2D eigenvalue weighted by Gasteiger charge is 2.42. The summed E-state index contributed by atoms with van der Waals surface area (Å²) in [6.45, 7) is 0.0241. The Balaban J connectivity index is 1.42. The molecule has 40 heavy (non-hydrogen) atoms. The SMILES string of the molecule is c1ccc(N2c3ccccc3B3c4c(cccc42)-c2cccc4c5ccc6c7ccccc7oc6c5n3c24)cc1. The molecular weight excluding hydrogens is 487 g/mol. The minimum atomic E-state index is 0.0241. The van der Waals surface area contributed by atoms with E-state index in [1.807, 2.05) is 0 Å². The van der Waals surface area contributed by atoms with Gasteiger partial charge in [-0.05, 0) is 52.9 Å². The quantitative estimate of drug-likeness (QED) is 0.209. The van der Waals surface area contributed by atoms with Crippen LogP contribution in [0.3, 0.4) is 0 Å². The van der Waals surface area contributed by atoms with Gasteiger partial charge in [-0.1, -0.05) is 91.0 Å². The van der Waals surface area contributed by atoms with Crippen molar-refractivity contribution in [1.29, 1.82) is 0 Å². The average molecular weight is 508 g/mol. The third kappa shape index (κ3) is 2.39. The Hall–Kier alpha value is -5.22. The van der Waals surface area contributed by atoms with E-state index >= 15 is 0 Å². The fraction of sp³-hybridized carbons (Fsp3) is 0. The zero-order valence-corrected chi connectivity index (χ0v) is 21.5. The molecule has 2 aliphatic rings. The van der Waals surface area contributed by atoms with Crippen LogP contribution in [0, 0.1) is 0 Å². The first-order valence-electron chi connectivity index (χ1n) is 13.8. The highest BCUT2D eigenvalue weighted by atomic mass is 16.3. The maximum Gasteiger partial charge on any atom is 0.333 e. The van der Waals surface area contributed by atoms with Crippen LogP contribution in [0.1, 0.15) is 0 Å². The van der Waals surface area contributed by atoms with E-state index in [1.54, 1.807) is 0 Å². The third-order valence-corrected chi connectivity index (χ3v) is 8.96. The van der Waals surface area contributed by atoms with Crippen LogP contribution in [0.2, 0.25) is 0 Å². The van der Waals surface area contributed by atoms with Gasteiger partial charge in [0.2, 0.25) is 0 Å². The third-order valence-electron chi connectivity index (χ3n) is 8.96. The van der Waals surface area contributed by atoms with Crippen LogP contribution < -0.4 is 15.8 Å². The van der Waals surface area contributed by atoms with Crippen molar-refractivity contribution in [2.75, 3.05) is 4.90 Å². The highest BCUT2D eigenvalue weighted by molar-refractivity contribution is 6.90.